The van der Waals surface area contributed by atoms with Gasteiger partial charge in [0.15, 0.2) is 0 Å². The SMILES string of the molecule is CCCC1(CNC(=O)COCC)CC1. The van der Waals surface area contributed by atoms with Gasteiger partial charge in [0, 0.05) is 13.2 Å². The van der Waals surface area contributed by atoms with Crippen molar-refractivity contribution in [2.24, 2.45) is 5.41 Å². The second-order valence-corrected chi connectivity index (χ2v) is 4.16. The van der Waals surface area contributed by atoms with Gasteiger partial charge in [-0.05, 0) is 31.6 Å². The Morgan fingerprint density at radius 2 is 2.14 bits per heavy atom. The van der Waals surface area contributed by atoms with Crippen molar-refractivity contribution < 1.29 is 9.53 Å². The van der Waals surface area contributed by atoms with Crippen LogP contribution in [0.25, 0.3) is 0 Å². The van der Waals surface area contributed by atoms with Crippen LogP contribution in [0, 0.1) is 5.41 Å². The molecular formula is C11H21NO2. The first-order chi connectivity index (χ1) is 6.72. The lowest BCUT2D eigenvalue weighted by molar-refractivity contribution is -0.125. The van der Waals surface area contributed by atoms with Gasteiger partial charge in [-0.2, -0.15) is 0 Å². The third-order valence-electron chi connectivity index (χ3n) is 2.84. The second-order valence-electron chi connectivity index (χ2n) is 4.16. The zero-order chi connectivity index (χ0) is 10.4. The van der Waals surface area contributed by atoms with Gasteiger partial charge in [-0.25, -0.2) is 0 Å². The van der Waals surface area contributed by atoms with Crippen LogP contribution in [-0.2, 0) is 9.53 Å². The number of hydrogen-bond acceptors (Lipinski definition) is 2. The molecule has 0 bridgehead atoms. The molecule has 1 aliphatic carbocycles. The van der Waals surface area contributed by atoms with E-state index < -0.39 is 0 Å². The first kappa shape index (κ1) is 11.5. The van der Waals surface area contributed by atoms with Crippen LogP contribution in [0.2, 0.25) is 0 Å². The van der Waals surface area contributed by atoms with Crippen LogP contribution in [0.3, 0.4) is 0 Å². The fourth-order valence-corrected chi connectivity index (χ4v) is 1.75. The van der Waals surface area contributed by atoms with E-state index in [1.807, 2.05) is 6.92 Å². The van der Waals surface area contributed by atoms with E-state index in [2.05, 4.69) is 12.2 Å². The molecule has 0 unspecified atom stereocenters. The van der Waals surface area contributed by atoms with Crippen molar-refractivity contribution in [3.63, 3.8) is 0 Å². The van der Waals surface area contributed by atoms with Crippen LogP contribution in [0.5, 0.6) is 0 Å². The standard InChI is InChI=1S/C11H21NO2/c1-3-5-11(6-7-11)9-12-10(13)8-14-4-2/h3-9H2,1-2H3,(H,12,13). The summed E-state index contributed by atoms with van der Waals surface area (Å²) >= 11 is 0. The number of amides is 1. The van der Waals surface area contributed by atoms with Crippen molar-refractivity contribution >= 4 is 5.91 Å². The van der Waals surface area contributed by atoms with Crippen LogP contribution in [0.15, 0.2) is 0 Å². The van der Waals surface area contributed by atoms with Crippen molar-refractivity contribution in [2.75, 3.05) is 19.8 Å². The fraction of sp³-hybridized carbons (Fsp3) is 0.909. The summed E-state index contributed by atoms with van der Waals surface area (Å²) in [6, 6.07) is 0. The number of hydrogen-bond donors (Lipinski definition) is 1. The Bertz CT molecular complexity index is 188. The van der Waals surface area contributed by atoms with Gasteiger partial charge in [0.05, 0.1) is 0 Å². The lowest BCUT2D eigenvalue weighted by atomic mass is 10.0. The minimum absolute atomic E-state index is 0.0224. The molecule has 1 fully saturated rings. The number of carbonyl (C=O) groups excluding carboxylic acids is 1. The molecule has 0 spiro atoms. The monoisotopic (exact) mass is 199 g/mol. The van der Waals surface area contributed by atoms with Crippen LogP contribution >= 0.6 is 0 Å². The molecule has 0 radical (unpaired) electrons. The molecule has 0 heterocycles. The van der Waals surface area contributed by atoms with E-state index in [-0.39, 0.29) is 12.5 Å². The van der Waals surface area contributed by atoms with Crippen molar-refractivity contribution in [1.82, 2.24) is 5.32 Å². The summed E-state index contributed by atoms with van der Waals surface area (Å²) in [6.07, 6.45) is 4.99. The van der Waals surface area contributed by atoms with Crippen LogP contribution in [0.1, 0.15) is 39.5 Å². The molecular weight excluding hydrogens is 178 g/mol. The average molecular weight is 199 g/mol. The second kappa shape index (κ2) is 5.35. The highest BCUT2D eigenvalue weighted by molar-refractivity contribution is 5.77. The molecule has 0 aromatic heterocycles. The zero-order valence-electron chi connectivity index (χ0n) is 9.27. The fourth-order valence-electron chi connectivity index (χ4n) is 1.75. The van der Waals surface area contributed by atoms with Gasteiger partial charge in [0.25, 0.3) is 0 Å². The Kier molecular flexibility index (Phi) is 4.39. The smallest absolute Gasteiger partial charge is 0.246 e. The van der Waals surface area contributed by atoms with Gasteiger partial charge in [-0.1, -0.05) is 13.3 Å². The Labute approximate surface area is 86.2 Å². The van der Waals surface area contributed by atoms with E-state index in [9.17, 15) is 4.79 Å². The highest BCUT2D eigenvalue weighted by Gasteiger charge is 2.41. The maximum atomic E-state index is 11.2. The maximum absolute atomic E-state index is 11.2. The van der Waals surface area contributed by atoms with Gasteiger partial charge in [0.2, 0.25) is 5.91 Å². The Morgan fingerprint density at radius 1 is 1.43 bits per heavy atom. The Morgan fingerprint density at radius 3 is 2.64 bits per heavy atom. The topological polar surface area (TPSA) is 38.3 Å². The Hall–Kier alpha value is -0.570. The van der Waals surface area contributed by atoms with Crippen LogP contribution < -0.4 is 5.32 Å². The quantitative estimate of drug-likeness (QED) is 0.678. The molecule has 3 heteroatoms. The molecule has 0 saturated heterocycles. The van der Waals surface area contributed by atoms with E-state index in [0.29, 0.717) is 12.0 Å². The molecule has 1 rings (SSSR count). The lowest BCUT2D eigenvalue weighted by Gasteiger charge is -2.14. The van der Waals surface area contributed by atoms with Gasteiger partial charge in [-0.15, -0.1) is 0 Å². The molecule has 1 N–H and O–H groups in total. The first-order valence-corrected chi connectivity index (χ1v) is 5.57. The minimum atomic E-state index is 0.0224. The van der Waals surface area contributed by atoms with Gasteiger partial charge in [-0.3, -0.25) is 4.79 Å². The zero-order valence-corrected chi connectivity index (χ0v) is 9.27. The number of nitrogens with one attached hydrogen (secondary N) is 1. The summed E-state index contributed by atoms with van der Waals surface area (Å²) in [5.74, 6) is 0.0224. The summed E-state index contributed by atoms with van der Waals surface area (Å²) < 4.78 is 5.03. The van der Waals surface area contributed by atoms with E-state index in [1.54, 1.807) is 0 Å². The van der Waals surface area contributed by atoms with Crippen LogP contribution in [0.4, 0.5) is 0 Å². The van der Waals surface area contributed by atoms with E-state index in [0.717, 1.165) is 6.54 Å². The van der Waals surface area contributed by atoms with Crippen molar-refractivity contribution in [1.29, 1.82) is 0 Å². The molecule has 0 atom stereocenters. The minimum Gasteiger partial charge on any atom is -0.372 e. The van der Waals surface area contributed by atoms with E-state index in [4.69, 9.17) is 4.74 Å². The van der Waals surface area contributed by atoms with E-state index in [1.165, 1.54) is 25.7 Å². The largest absolute Gasteiger partial charge is 0.372 e. The summed E-state index contributed by atoms with van der Waals surface area (Å²) in [4.78, 5) is 11.2. The van der Waals surface area contributed by atoms with Gasteiger partial charge in [0.1, 0.15) is 6.61 Å². The predicted octanol–water partition coefficient (Wildman–Crippen LogP) is 1.72. The van der Waals surface area contributed by atoms with Crippen molar-refractivity contribution in [3.05, 3.63) is 0 Å². The van der Waals surface area contributed by atoms with Crippen molar-refractivity contribution in [2.45, 2.75) is 39.5 Å². The Balaban J connectivity index is 2.10. The summed E-state index contributed by atoms with van der Waals surface area (Å²) in [5.41, 5.74) is 0.441. The number of ether oxygens (including phenoxy) is 1. The molecule has 0 aromatic carbocycles. The molecule has 1 aliphatic rings. The van der Waals surface area contributed by atoms with Gasteiger partial charge < -0.3 is 10.1 Å². The summed E-state index contributed by atoms with van der Waals surface area (Å²) in [6.45, 7) is 5.74. The van der Waals surface area contributed by atoms with E-state index >= 15 is 0 Å². The molecule has 82 valence electrons. The van der Waals surface area contributed by atoms with Gasteiger partial charge >= 0.3 is 0 Å². The number of carbonyl (C=O) groups is 1. The van der Waals surface area contributed by atoms with Crippen molar-refractivity contribution in [3.8, 4) is 0 Å². The van der Waals surface area contributed by atoms with Crippen LogP contribution in [-0.4, -0.2) is 25.7 Å². The first-order valence-electron chi connectivity index (χ1n) is 5.57. The highest BCUT2D eigenvalue weighted by Crippen LogP contribution is 2.48. The molecule has 3 nitrogen and oxygen atoms in total. The number of rotatable bonds is 7. The maximum Gasteiger partial charge on any atom is 0.246 e. The molecule has 0 aromatic rings. The molecule has 0 aliphatic heterocycles. The molecule has 1 saturated carbocycles. The lowest BCUT2D eigenvalue weighted by Crippen LogP contribution is -2.33. The normalized spacial score (nSPS) is 17.9. The molecule has 14 heavy (non-hydrogen) atoms. The summed E-state index contributed by atoms with van der Waals surface area (Å²) in [5, 5.41) is 2.94. The molecule has 1 amide bonds. The predicted molar refractivity (Wildman–Crippen MR) is 56.1 cm³/mol. The summed E-state index contributed by atoms with van der Waals surface area (Å²) in [7, 11) is 0. The third-order valence-corrected chi connectivity index (χ3v) is 2.84. The highest BCUT2D eigenvalue weighted by atomic mass is 16.5. The average Bonchev–Trinajstić information content (AvgIpc) is 2.93. The third kappa shape index (κ3) is 3.66.